The molecule has 0 aromatic carbocycles. The lowest BCUT2D eigenvalue weighted by Gasteiger charge is -2.05. The van der Waals surface area contributed by atoms with Gasteiger partial charge in [0.05, 0.1) is 5.01 Å². The number of amides is 2. The Bertz CT molecular complexity index is 406. The summed E-state index contributed by atoms with van der Waals surface area (Å²) in [4.78, 5) is 25.8. The molecule has 0 unspecified atom stereocenters. The zero-order valence-electron chi connectivity index (χ0n) is 10.2. The summed E-state index contributed by atoms with van der Waals surface area (Å²) in [6.07, 6.45) is 2.54. The summed E-state index contributed by atoms with van der Waals surface area (Å²) in [7, 11) is 0. The molecule has 1 heterocycles. The van der Waals surface area contributed by atoms with E-state index in [-0.39, 0.29) is 11.7 Å². The molecule has 18 heavy (non-hydrogen) atoms. The zero-order valence-corrected chi connectivity index (χ0v) is 11.0. The molecule has 6 nitrogen and oxygen atoms in total. The van der Waals surface area contributed by atoms with Crippen molar-refractivity contribution in [2.24, 2.45) is 0 Å². The van der Waals surface area contributed by atoms with Crippen LogP contribution in [-0.2, 0) is 6.42 Å². The van der Waals surface area contributed by atoms with E-state index in [4.69, 9.17) is 5.11 Å². The van der Waals surface area contributed by atoms with E-state index >= 15 is 0 Å². The molecule has 3 N–H and O–H groups in total. The maximum Gasteiger partial charge on any atom is 0.355 e. The lowest BCUT2D eigenvalue weighted by molar-refractivity contribution is 0.0691. The lowest BCUT2D eigenvalue weighted by Crippen LogP contribution is -2.37. The van der Waals surface area contributed by atoms with Crippen LogP contribution in [0.5, 0.6) is 0 Å². The van der Waals surface area contributed by atoms with Gasteiger partial charge in [-0.1, -0.05) is 13.3 Å². The number of carboxylic acid groups (broad SMARTS) is 1. The number of carbonyl (C=O) groups excluding carboxylic acids is 1. The molecule has 7 heteroatoms. The first kappa shape index (κ1) is 14.4. The molecule has 0 fully saturated rings. The van der Waals surface area contributed by atoms with Crippen LogP contribution in [-0.4, -0.2) is 35.2 Å². The molecule has 0 radical (unpaired) electrons. The Kier molecular flexibility index (Phi) is 6.13. The maximum absolute atomic E-state index is 11.3. The summed E-state index contributed by atoms with van der Waals surface area (Å²) in [5.74, 6) is -1.03. The predicted molar refractivity (Wildman–Crippen MR) is 69.1 cm³/mol. The van der Waals surface area contributed by atoms with Crippen LogP contribution >= 0.6 is 11.3 Å². The Hall–Kier alpha value is -1.63. The van der Waals surface area contributed by atoms with Crippen LogP contribution < -0.4 is 10.6 Å². The number of rotatable bonds is 7. The van der Waals surface area contributed by atoms with Gasteiger partial charge in [-0.15, -0.1) is 11.3 Å². The highest BCUT2D eigenvalue weighted by molar-refractivity contribution is 7.09. The van der Waals surface area contributed by atoms with Crippen molar-refractivity contribution in [1.82, 2.24) is 15.6 Å². The second kappa shape index (κ2) is 7.65. The van der Waals surface area contributed by atoms with Crippen LogP contribution in [0.3, 0.4) is 0 Å². The summed E-state index contributed by atoms with van der Waals surface area (Å²) in [5.41, 5.74) is 0.0578. The fourth-order valence-electron chi connectivity index (χ4n) is 1.25. The number of hydrogen-bond acceptors (Lipinski definition) is 4. The number of carboxylic acids is 1. The van der Waals surface area contributed by atoms with E-state index in [2.05, 4.69) is 22.5 Å². The molecule has 0 saturated heterocycles. The minimum Gasteiger partial charge on any atom is -0.476 e. The molecule has 0 aliphatic rings. The van der Waals surface area contributed by atoms with Crippen molar-refractivity contribution in [1.29, 1.82) is 0 Å². The standard InChI is InChI=1S/C11H17N3O3S/c1-2-3-5-12-11(17)13-6-4-9-14-8(7-18-9)10(15)16/h7H,2-6H2,1H3,(H,15,16)(H2,12,13,17). The van der Waals surface area contributed by atoms with Gasteiger partial charge in [-0.05, 0) is 6.42 Å². The smallest absolute Gasteiger partial charge is 0.355 e. The normalized spacial score (nSPS) is 10.1. The summed E-state index contributed by atoms with van der Waals surface area (Å²) in [5, 5.41) is 16.3. The third-order valence-electron chi connectivity index (χ3n) is 2.21. The maximum atomic E-state index is 11.3. The van der Waals surface area contributed by atoms with Gasteiger partial charge in [-0.25, -0.2) is 14.6 Å². The van der Waals surface area contributed by atoms with Gasteiger partial charge in [0, 0.05) is 24.9 Å². The minimum absolute atomic E-state index is 0.0578. The van der Waals surface area contributed by atoms with E-state index in [1.807, 2.05) is 0 Å². The van der Waals surface area contributed by atoms with E-state index in [0.717, 1.165) is 12.8 Å². The van der Waals surface area contributed by atoms with Gasteiger partial charge in [0.15, 0.2) is 5.69 Å². The highest BCUT2D eigenvalue weighted by Gasteiger charge is 2.08. The fourth-order valence-corrected chi connectivity index (χ4v) is 2.02. The number of aromatic carboxylic acids is 1. The zero-order chi connectivity index (χ0) is 13.4. The third-order valence-corrected chi connectivity index (χ3v) is 3.12. The Labute approximate surface area is 109 Å². The van der Waals surface area contributed by atoms with Crippen molar-refractivity contribution in [3.05, 3.63) is 16.1 Å². The molecule has 100 valence electrons. The third kappa shape index (κ3) is 5.13. The quantitative estimate of drug-likeness (QED) is 0.655. The summed E-state index contributed by atoms with van der Waals surface area (Å²) >= 11 is 1.29. The predicted octanol–water partition coefficient (Wildman–Crippen LogP) is 1.48. The van der Waals surface area contributed by atoms with Gasteiger partial charge in [0.2, 0.25) is 0 Å². The highest BCUT2D eigenvalue weighted by atomic mass is 32.1. The minimum atomic E-state index is -1.03. The van der Waals surface area contributed by atoms with E-state index in [0.29, 0.717) is 24.5 Å². The topological polar surface area (TPSA) is 91.3 Å². The molecule has 1 aromatic rings. The van der Waals surface area contributed by atoms with E-state index in [1.54, 1.807) is 0 Å². The molecule has 1 rings (SSSR count). The van der Waals surface area contributed by atoms with Gasteiger partial charge in [0.1, 0.15) is 0 Å². The highest BCUT2D eigenvalue weighted by Crippen LogP contribution is 2.09. The van der Waals surface area contributed by atoms with Crippen molar-refractivity contribution in [3.8, 4) is 0 Å². The number of hydrogen-bond donors (Lipinski definition) is 3. The van der Waals surface area contributed by atoms with Crippen molar-refractivity contribution >= 4 is 23.3 Å². The van der Waals surface area contributed by atoms with Crippen LogP contribution in [0.2, 0.25) is 0 Å². The lowest BCUT2D eigenvalue weighted by atomic mass is 10.3. The van der Waals surface area contributed by atoms with E-state index in [1.165, 1.54) is 16.7 Å². The van der Waals surface area contributed by atoms with Gasteiger partial charge in [-0.3, -0.25) is 0 Å². The van der Waals surface area contributed by atoms with Crippen molar-refractivity contribution in [2.45, 2.75) is 26.2 Å². The monoisotopic (exact) mass is 271 g/mol. The summed E-state index contributed by atoms with van der Waals surface area (Å²) in [6, 6.07) is -0.196. The first-order valence-electron chi connectivity index (χ1n) is 5.83. The largest absolute Gasteiger partial charge is 0.476 e. The molecule has 0 aliphatic carbocycles. The van der Waals surface area contributed by atoms with Crippen LogP contribution in [0.1, 0.15) is 35.3 Å². The Morgan fingerprint density at radius 3 is 2.72 bits per heavy atom. The number of nitrogens with zero attached hydrogens (tertiary/aromatic N) is 1. The molecule has 0 atom stereocenters. The first-order valence-corrected chi connectivity index (χ1v) is 6.70. The summed E-state index contributed by atoms with van der Waals surface area (Å²) < 4.78 is 0. The molecule has 0 spiro atoms. The first-order chi connectivity index (χ1) is 8.63. The van der Waals surface area contributed by atoms with Crippen LogP contribution in [0.25, 0.3) is 0 Å². The molecular weight excluding hydrogens is 254 g/mol. The number of thiazole rings is 1. The molecule has 0 aliphatic heterocycles. The average Bonchev–Trinajstić information content (AvgIpc) is 2.78. The number of unbranched alkanes of at least 4 members (excludes halogenated alkanes) is 1. The van der Waals surface area contributed by atoms with Gasteiger partial charge in [-0.2, -0.15) is 0 Å². The Balaban J connectivity index is 2.20. The number of carbonyl (C=O) groups is 2. The molecule has 2 amide bonds. The van der Waals surface area contributed by atoms with Gasteiger partial charge >= 0.3 is 12.0 Å². The molecule has 0 saturated carbocycles. The van der Waals surface area contributed by atoms with E-state index in [9.17, 15) is 9.59 Å². The number of aromatic nitrogens is 1. The number of nitrogens with one attached hydrogen (secondary N) is 2. The fraction of sp³-hybridized carbons (Fsp3) is 0.545. The van der Waals surface area contributed by atoms with Gasteiger partial charge in [0.25, 0.3) is 0 Å². The summed E-state index contributed by atoms with van der Waals surface area (Å²) in [6.45, 7) is 3.18. The molecular formula is C11H17N3O3S. The SMILES string of the molecule is CCCCNC(=O)NCCc1nc(C(=O)O)cs1. The van der Waals surface area contributed by atoms with Crippen LogP contribution in [0.15, 0.2) is 5.38 Å². The van der Waals surface area contributed by atoms with Crippen molar-refractivity contribution in [2.75, 3.05) is 13.1 Å². The molecule has 0 bridgehead atoms. The second-order valence-electron chi connectivity index (χ2n) is 3.72. The van der Waals surface area contributed by atoms with Crippen LogP contribution in [0, 0.1) is 0 Å². The number of urea groups is 1. The van der Waals surface area contributed by atoms with Gasteiger partial charge < -0.3 is 15.7 Å². The van der Waals surface area contributed by atoms with Crippen molar-refractivity contribution in [3.63, 3.8) is 0 Å². The Morgan fingerprint density at radius 2 is 2.11 bits per heavy atom. The average molecular weight is 271 g/mol. The van der Waals surface area contributed by atoms with Crippen molar-refractivity contribution < 1.29 is 14.7 Å². The second-order valence-corrected chi connectivity index (χ2v) is 4.66. The van der Waals surface area contributed by atoms with Crippen LogP contribution in [0.4, 0.5) is 4.79 Å². The molecule has 1 aromatic heterocycles. The Morgan fingerprint density at radius 1 is 1.39 bits per heavy atom. The van der Waals surface area contributed by atoms with E-state index < -0.39 is 5.97 Å².